The Morgan fingerprint density at radius 1 is 0.717 bits per heavy atom. The van der Waals surface area contributed by atoms with Gasteiger partial charge < -0.3 is 29.2 Å². The number of hydrogen-bond donors (Lipinski definition) is 1. The van der Waals surface area contributed by atoms with Gasteiger partial charge in [0.25, 0.3) is 0 Å². The lowest BCUT2D eigenvalue weighted by Crippen LogP contribution is -2.51. The Bertz CT molecular complexity index is 1930. The summed E-state index contributed by atoms with van der Waals surface area (Å²) in [5.74, 6) is -0.518. The average Bonchev–Trinajstić information content (AvgIpc) is 3.58. The molecular formula is C37H32N2O7. The first kappa shape index (κ1) is 29.2. The van der Waals surface area contributed by atoms with E-state index in [-0.39, 0.29) is 17.5 Å². The Morgan fingerprint density at radius 3 is 1.96 bits per heavy atom. The lowest BCUT2D eigenvalue weighted by atomic mass is 9.64. The average molecular weight is 617 g/mol. The van der Waals surface area contributed by atoms with Crippen LogP contribution in [0.3, 0.4) is 0 Å². The molecule has 0 radical (unpaired) electrons. The maximum atomic E-state index is 15.1. The maximum absolute atomic E-state index is 15.1. The number of carbonyl (C=O) groups excluding carboxylic acids is 3. The normalized spacial score (nSPS) is 22.0. The van der Waals surface area contributed by atoms with Crippen molar-refractivity contribution >= 4 is 34.9 Å². The monoisotopic (exact) mass is 616 g/mol. The number of benzene rings is 4. The van der Waals surface area contributed by atoms with Crippen LogP contribution >= 0.6 is 0 Å². The summed E-state index contributed by atoms with van der Waals surface area (Å²) in [5.41, 5.74) is 2.09. The van der Waals surface area contributed by atoms with E-state index in [1.807, 2.05) is 65.6 Å². The van der Waals surface area contributed by atoms with Crippen LogP contribution in [0.15, 0.2) is 91.0 Å². The predicted octanol–water partition coefficient (Wildman–Crippen LogP) is 5.58. The van der Waals surface area contributed by atoms with Gasteiger partial charge in [0.1, 0.15) is 11.5 Å². The molecule has 9 nitrogen and oxygen atoms in total. The molecule has 0 aromatic heterocycles. The molecule has 1 spiro atoms. The van der Waals surface area contributed by atoms with Gasteiger partial charge in [-0.3, -0.25) is 14.4 Å². The van der Waals surface area contributed by atoms with Crippen LogP contribution in [0.5, 0.6) is 23.0 Å². The second kappa shape index (κ2) is 11.1. The Kier molecular flexibility index (Phi) is 7.04. The number of fused-ring (bicyclic) bond motifs is 6. The van der Waals surface area contributed by atoms with E-state index in [9.17, 15) is 4.79 Å². The standard InChI is InChI=1S/C37H32N2O7/c1-43-27-16-13-22(19-29(27)45-3)34(40)32-33(35(41)23-14-17-28(44-2)30(20-23)46-4)39-26-12-8-5-9-21(26)15-18-31(39)37(32)24-10-6-7-11-25(24)38-36(37)42/h5-20,31-33H,1-4H3,(H,38,42)/t31-,32+,33-,37-/m1/s1. The fraction of sp³-hybridized carbons (Fsp3) is 0.216. The molecule has 4 aromatic carbocycles. The SMILES string of the molecule is COc1ccc(C(=O)[C@@H]2[C@H](C(=O)c3ccc(OC)c(OC)c3)N3c4ccccc4C=C[C@@H]3[C@@]23C(=O)Nc2ccccc23)cc1OC. The summed E-state index contributed by atoms with van der Waals surface area (Å²) in [4.78, 5) is 46.7. The number of carbonyl (C=O) groups is 3. The Labute approximate surface area is 266 Å². The van der Waals surface area contributed by atoms with Crippen LogP contribution in [0.2, 0.25) is 0 Å². The number of Topliss-reactive ketones (excluding diaryl/α,β-unsaturated/α-hetero) is 2. The van der Waals surface area contributed by atoms with Gasteiger partial charge in [-0.2, -0.15) is 0 Å². The summed E-state index contributed by atoms with van der Waals surface area (Å²) < 4.78 is 22.0. The van der Waals surface area contributed by atoms with Gasteiger partial charge in [-0.15, -0.1) is 0 Å². The Morgan fingerprint density at radius 2 is 1.30 bits per heavy atom. The van der Waals surface area contributed by atoms with Crippen molar-refractivity contribution in [3.8, 4) is 23.0 Å². The number of amides is 1. The zero-order valence-electron chi connectivity index (χ0n) is 25.8. The number of para-hydroxylation sites is 2. The molecule has 4 aromatic rings. The largest absolute Gasteiger partial charge is 0.493 e. The van der Waals surface area contributed by atoms with E-state index in [0.29, 0.717) is 45.4 Å². The third kappa shape index (κ3) is 4.04. The molecule has 1 fully saturated rings. The topological polar surface area (TPSA) is 103 Å². The van der Waals surface area contributed by atoms with Crippen molar-refractivity contribution in [2.45, 2.75) is 17.5 Å². The van der Waals surface area contributed by atoms with Crippen LogP contribution in [0, 0.1) is 5.92 Å². The van der Waals surface area contributed by atoms with Crippen molar-refractivity contribution in [1.82, 2.24) is 0 Å². The number of ketones is 2. The highest BCUT2D eigenvalue weighted by Gasteiger charge is 2.70. The summed E-state index contributed by atoms with van der Waals surface area (Å²) in [6.45, 7) is 0. The number of rotatable bonds is 8. The van der Waals surface area contributed by atoms with Gasteiger partial charge >= 0.3 is 0 Å². The molecule has 9 heteroatoms. The number of nitrogens with zero attached hydrogens (tertiary/aromatic N) is 1. The smallest absolute Gasteiger partial charge is 0.238 e. The second-order valence-corrected chi connectivity index (χ2v) is 11.4. The van der Waals surface area contributed by atoms with Crippen molar-refractivity contribution in [2.75, 3.05) is 38.7 Å². The van der Waals surface area contributed by atoms with Gasteiger partial charge in [-0.1, -0.05) is 48.6 Å². The van der Waals surface area contributed by atoms with E-state index >= 15 is 9.59 Å². The van der Waals surface area contributed by atoms with Crippen molar-refractivity contribution in [1.29, 1.82) is 0 Å². The van der Waals surface area contributed by atoms with E-state index in [2.05, 4.69) is 5.32 Å². The first-order chi connectivity index (χ1) is 22.4. The molecular weight excluding hydrogens is 584 g/mol. The molecule has 3 heterocycles. The van der Waals surface area contributed by atoms with Crippen molar-refractivity contribution in [3.63, 3.8) is 0 Å². The molecule has 3 aliphatic heterocycles. The van der Waals surface area contributed by atoms with E-state index in [0.717, 1.165) is 11.3 Å². The minimum atomic E-state index is -1.44. The summed E-state index contributed by atoms with van der Waals surface area (Å²) in [7, 11) is 6.04. The molecule has 7 rings (SSSR count). The third-order valence-corrected chi connectivity index (χ3v) is 9.43. The lowest BCUT2D eigenvalue weighted by Gasteiger charge is -2.37. The molecule has 0 saturated carbocycles. The van der Waals surface area contributed by atoms with E-state index in [1.54, 1.807) is 36.4 Å². The maximum Gasteiger partial charge on any atom is 0.238 e. The minimum absolute atomic E-state index is 0.293. The van der Waals surface area contributed by atoms with Gasteiger partial charge in [-0.05, 0) is 59.7 Å². The molecule has 0 unspecified atom stereocenters. The number of hydrogen-bond acceptors (Lipinski definition) is 8. The predicted molar refractivity (Wildman–Crippen MR) is 174 cm³/mol. The van der Waals surface area contributed by atoms with Gasteiger partial charge in [0.2, 0.25) is 5.91 Å². The second-order valence-electron chi connectivity index (χ2n) is 11.4. The van der Waals surface area contributed by atoms with Crippen LogP contribution < -0.4 is 29.2 Å². The molecule has 0 bridgehead atoms. The molecule has 3 aliphatic rings. The minimum Gasteiger partial charge on any atom is -0.493 e. The fourth-order valence-corrected chi connectivity index (χ4v) is 7.45. The lowest BCUT2D eigenvalue weighted by molar-refractivity contribution is -0.121. The third-order valence-electron chi connectivity index (χ3n) is 9.43. The number of anilines is 2. The molecule has 0 aliphatic carbocycles. The first-order valence-corrected chi connectivity index (χ1v) is 14.9. The van der Waals surface area contributed by atoms with Gasteiger partial charge in [0.15, 0.2) is 34.6 Å². The zero-order chi connectivity index (χ0) is 32.2. The summed E-state index contributed by atoms with van der Waals surface area (Å²) >= 11 is 0. The van der Waals surface area contributed by atoms with Crippen molar-refractivity contribution < 1.29 is 33.3 Å². The fourth-order valence-electron chi connectivity index (χ4n) is 7.45. The summed E-state index contributed by atoms with van der Waals surface area (Å²) in [6, 6.07) is 23.2. The number of ether oxygens (including phenoxy) is 4. The molecule has 232 valence electrons. The molecule has 4 atom stereocenters. The van der Waals surface area contributed by atoms with Crippen LogP contribution in [0.25, 0.3) is 6.08 Å². The van der Waals surface area contributed by atoms with E-state index in [4.69, 9.17) is 18.9 Å². The van der Waals surface area contributed by atoms with Gasteiger partial charge in [0.05, 0.1) is 40.4 Å². The Balaban J connectivity index is 1.51. The van der Waals surface area contributed by atoms with Gasteiger partial charge in [-0.25, -0.2) is 0 Å². The summed E-state index contributed by atoms with van der Waals surface area (Å²) in [6.07, 6.45) is 3.91. The van der Waals surface area contributed by atoms with E-state index < -0.39 is 23.4 Å². The zero-order valence-corrected chi connectivity index (χ0v) is 25.8. The van der Waals surface area contributed by atoms with Crippen LogP contribution in [0.4, 0.5) is 11.4 Å². The van der Waals surface area contributed by atoms with Crippen molar-refractivity contribution in [3.05, 3.63) is 113 Å². The van der Waals surface area contributed by atoms with Crippen molar-refractivity contribution in [2.24, 2.45) is 5.92 Å². The summed E-state index contributed by atoms with van der Waals surface area (Å²) in [5, 5.41) is 3.05. The van der Waals surface area contributed by atoms with Crippen LogP contribution in [-0.2, 0) is 10.2 Å². The highest BCUT2D eigenvalue weighted by atomic mass is 16.5. The molecule has 1 amide bonds. The van der Waals surface area contributed by atoms with E-state index in [1.165, 1.54) is 28.4 Å². The highest BCUT2D eigenvalue weighted by Crippen LogP contribution is 2.58. The molecule has 1 saturated heterocycles. The number of nitrogens with one attached hydrogen (secondary N) is 1. The highest BCUT2D eigenvalue weighted by molar-refractivity contribution is 6.18. The van der Waals surface area contributed by atoms with Crippen LogP contribution in [-0.4, -0.2) is 58.0 Å². The Hall–Kier alpha value is -5.57. The van der Waals surface area contributed by atoms with Gasteiger partial charge in [0, 0.05) is 22.5 Å². The van der Waals surface area contributed by atoms with Crippen LogP contribution in [0.1, 0.15) is 31.8 Å². The quantitative estimate of drug-likeness (QED) is 0.256. The molecule has 1 N–H and O–H groups in total. The number of methoxy groups -OCH3 is 4. The first-order valence-electron chi connectivity index (χ1n) is 14.9. The molecule has 46 heavy (non-hydrogen) atoms.